The number of rotatable bonds is 8. The molecule has 1 aromatic rings. The molecular weight excluding hydrogens is 415 g/mol. The number of nitrogens with one attached hydrogen (secondary N) is 1. The number of hydrogen-bond acceptors (Lipinski definition) is 4. The maximum atomic E-state index is 13.7. The Morgan fingerprint density at radius 3 is 2.34 bits per heavy atom. The molecule has 32 heavy (non-hydrogen) atoms. The van der Waals surface area contributed by atoms with Gasteiger partial charge >= 0.3 is 6.18 Å². The fraction of sp³-hybridized carbons (Fsp3) is 0.400. The standard InChI is InChI=1S/C23H26F3N3O.C2H6/c1-16(30-20-8-6-5-7-9-20)10-13-21(17(2)23(24,25)26)22(4,19-11-12-19)14-29-18(3)27-15-28-29;1-2/h5-10,13,15,19H,2-3,11-12,14H2,1,4H3,(H,27,28);1-2H3/b16-10+,21-13+;. The van der Waals surface area contributed by atoms with E-state index in [1.54, 1.807) is 30.1 Å². The minimum atomic E-state index is -4.53. The molecule has 174 valence electrons. The zero-order valence-electron chi connectivity index (χ0n) is 19.2. The molecular formula is C25H32F3N3O. The van der Waals surface area contributed by atoms with Gasteiger partial charge in [0.15, 0.2) is 0 Å². The van der Waals surface area contributed by atoms with Crippen molar-refractivity contribution < 1.29 is 17.9 Å². The first-order valence-corrected chi connectivity index (χ1v) is 10.7. The van der Waals surface area contributed by atoms with Crippen LogP contribution in [0, 0.1) is 11.3 Å². The van der Waals surface area contributed by atoms with Crippen molar-refractivity contribution in [3.63, 3.8) is 0 Å². The van der Waals surface area contributed by atoms with Gasteiger partial charge in [-0.15, -0.1) is 0 Å². The van der Waals surface area contributed by atoms with Gasteiger partial charge < -0.3 is 4.74 Å². The number of halogens is 3. The summed E-state index contributed by atoms with van der Waals surface area (Å²) in [5, 5.41) is 1.67. The van der Waals surface area contributed by atoms with Crippen LogP contribution in [0.25, 0.3) is 0 Å². The van der Waals surface area contributed by atoms with Crippen molar-refractivity contribution in [2.45, 2.75) is 46.7 Å². The van der Waals surface area contributed by atoms with Gasteiger partial charge in [0.2, 0.25) is 0 Å². The molecule has 1 aromatic carbocycles. The third-order valence-electron chi connectivity index (χ3n) is 5.49. The molecule has 1 heterocycles. The van der Waals surface area contributed by atoms with Crippen LogP contribution in [0.2, 0.25) is 0 Å². The van der Waals surface area contributed by atoms with Crippen molar-refractivity contribution in [2.24, 2.45) is 16.3 Å². The van der Waals surface area contributed by atoms with E-state index in [0.29, 0.717) is 23.9 Å². The molecule has 1 aliphatic carbocycles. The van der Waals surface area contributed by atoms with Crippen LogP contribution in [0.1, 0.15) is 40.5 Å². The number of allylic oxidation sites excluding steroid dienone is 4. The van der Waals surface area contributed by atoms with Crippen molar-refractivity contribution in [1.82, 2.24) is 10.4 Å². The van der Waals surface area contributed by atoms with E-state index < -0.39 is 17.2 Å². The van der Waals surface area contributed by atoms with Crippen LogP contribution in [-0.4, -0.2) is 24.1 Å². The van der Waals surface area contributed by atoms with Crippen LogP contribution >= 0.6 is 0 Å². The molecule has 7 heteroatoms. The maximum absolute atomic E-state index is 13.7. The first-order chi connectivity index (χ1) is 15.1. The van der Waals surface area contributed by atoms with E-state index in [1.807, 2.05) is 39.0 Å². The summed E-state index contributed by atoms with van der Waals surface area (Å²) in [4.78, 5) is 4.05. The summed E-state index contributed by atoms with van der Waals surface area (Å²) in [6.07, 6.45) is 1.74. The van der Waals surface area contributed by atoms with E-state index in [2.05, 4.69) is 23.6 Å². The smallest absolute Gasteiger partial charge is 0.416 e. The molecule has 3 rings (SSSR count). The molecule has 0 spiro atoms. The van der Waals surface area contributed by atoms with Crippen molar-refractivity contribution in [3.05, 3.63) is 78.4 Å². The maximum Gasteiger partial charge on any atom is 0.416 e. The fourth-order valence-electron chi connectivity index (χ4n) is 3.63. The summed E-state index contributed by atoms with van der Waals surface area (Å²) in [6.45, 7) is 15.1. The average molecular weight is 448 g/mol. The summed E-state index contributed by atoms with van der Waals surface area (Å²) in [7, 11) is 0. The SMILES string of the molecule is C=C1N=CNN1CC(C)(/C(=C/C=C(\C)Oc1ccccc1)C(=C)C(F)(F)F)C1CC1.CC. The molecule has 1 atom stereocenters. The predicted molar refractivity (Wildman–Crippen MR) is 124 cm³/mol. The van der Waals surface area contributed by atoms with Crippen molar-refractivity contribution in [3.8, 4) is 5.75 Å². The minimum Gasteiger partial charge on any atom is -0.462 e. The summed E-state index contributed by atoms with van der Waals surface area (Å²) >= 11 is 0. The normalized spacial score (nSPS) is 18.5. The highest BCUT2D eigenvalue weighted by atomic mass is 19.4. The van der Waals surface area contributed by atoms with Crippen LogP contribution in [-0.2, 0) is 0 Å². The lowest BCUT2D eigenvalue weighted by atomic mass is 9.73. The second-order valence-corrected chi connectivity index (χ2v) is 7.83. The second kappa shape index (κ2) is 10.6. The van der Waals surface area contributed by atoms with Crippen LogP contribution in [0.5, 0.6) is 5.75 Å². The molecule has 2 aliphatic rings. The molecule has 1 N–H and O–H groups in total. The molecule has 0 radical (unpaired) electrons. The molecule has 0 aromatic heterocycles. The highest BCUT2D eigenvalue weighted by Gasteiger charge is 2.50. The Labute approximate surface area is 188 Å². The first-order valence-electron chi connectivity index (χ1n) is 10.7. The average Bonchev–Trinajstić information content (AvgIpc) is 3.54. The van der Waals surface area contributed by atoms with Gasteiger partial charge in [0.25, 0.3) is 0 Å². The Bertz CT molecular complexity index is 899. The Kier molecular flexibility index (Phi) is 8.36. The third kappa shape index (κ3) is 6.28. The van der Waals surface area contributed by atoms with E-state index in [0.717, 1.165) is 12.8 Å². The Morgan fingerprint density at radius 2 is 1.84 bits per heavy atom. The van der Waals surface area contributed by atoms with Crippen LogP contribution < -0.4 is 10.2 Å². The molecule has 1 fully saturated rings. The van der Waals surface area contributed by atoms with Gasteiger partial charge in [-0.1, -0.05) is 58.2 Å². The lowest BCUT2D eigenvalue weighted by molar-refractivity contribution is -0.0910. The number of hydrogen-bond donors (Lipinski definition) is 1. The van der Waals surface area contributed by atoms with Gasteiger partial charge in [-0.25, -0.2) is 4.99 Å². The highest BCUT2D eigenvalue weighted by molar-refractivity contribution is 5.58. The van der Waals surface area contributed by atoms with Gasteiger partial charge in [0, 0.05) is 5.41 Å². The van der Waals surface area contributed by atoms with Crippen LogP contribution in [0.4, 0.5) is 13.2 Å². The number of hydrazine groups is 1. The van der Waals surface area contributed by atoms with Gasteiger partial charge in [0.1, 0.15) is 23.7 Å². The molecule has 1 aliphatic heterocycles. The summed E-state index contributed by atoms with van der Waals surface area (Å²) in [5.74, 6) is 1.69. The largest absolute Gasteiger partial charge is 0.462 e. The Morgan fingerprint density at radius 1 is 1.22 bits per heavy atom. The van der Waals surface area contributed by atoms with E-state index in [9.17, 15) is 13.2 Å². The van der Waals surface area contributed by atoms with Gasteiger partial charge in [-0.05, 0) is 49.5 Å². The summed E-state index contributed by atoms with van der Waals surface area (Å²) in [6, 6.07) is 9.10. The minimum absolute atomic E-state index is 0.113. The first kappa shape index (κ1) is 25.3. The van der Waals surface area contributed by atoms with Gasteiger partial charge in [-0.3, -0.25) is 10.4 Å². The Hall–Kier alpha value is -2.96. The lowest BCUT2D eigenvalue weighted by Crippen LogP contribution is -2.43. The summed E-state index contributed by atoms with van der Waals surface area (Å²) in [5.41, 5.74) is 1.45. The second-order valence-electron chi connectivity index (χ2n) is 7.83. The summed E-state index contributed by atoms with van der Waals surface area (Å²) < 4.78 is 46.9. The number of benzene rings is 1. The van der Waals surface area contributed by atoms with E-state index in [-0.39, 0.29) is 11.5 Å². The Balaban J connectivity index is 0.00000176. The fourth-order valence-corrected chi connectivity index (χ4v) is 3.63. The van der Waals surface area contributed by atoms with Crippen LogP contribution in [0.3, 0.4) is 0 Å². The lowest BCUT2D eigenvalue weighted by Gasteiger charge is -2.38. The molecule has 0 bridgehead atoms. The quantitative estimate of drug-likeness (QED) is 0.353. The zero-order chi connectivity index (χ0) is 23.9. The van der Waals surface area contributed by atoms with Crippen molar-refractivity contribution in [1.29, 1.82) is 0 Å². The molecule has 0 saturated heterocycles. The van der Waals surface area contributed by atoms with E-state index >= 15 is 0 Å². The predicted octanol–water partition coefficient (Wildman–Crippen LogP) is 6.78. The molecule has 0 amide bonds. The number of nitrogens with zero attached hydrogens (tertiary/aromatic N) is 2. The topological polar surface area (TPSA) is 36.9 Å². The van der Waals surface area contributed by atoms with Gasteiger partial charge in [-0.2, -0.15) is 13.2 Å². The zero-order valence-corrected chi connectivity index (χ0v) is 19.2. The van der Waals surface area contributed by atoms with Crippen molar-refractivity contribution in [2.75, 3.05) is 6.54 Å². The van der Waals surface area contributed by atoms with Crippen LogP contribution in [0.15, 0.2) is 83.4 Å². The molecule has 1 unspecified atom stereocenters. The highest BCUT2D eigenvalue weighted by Crippen LogP contribution is 2.54. The van der Waals surface area contributed by atoms with Crippen molar-refractivity contribution >= 4 is 6.34 Å². The third-order valence-corrected chi connectivity index (χ3v) is 5.49. The van der Waals surface area contributed by atoms with E-state index in [1.165, 1.54) is 12.4 Å². The number of aliphatic imine (C=N–C) groups is 1. The molecule has 1 saturated carbocycles. The van der Waals surface area contributed by atoms with E-state index in [4.69, 9.17) is 4.74 Å². The molecule has 4 nitrogen and oxygen atoms in total. The number of ether oxygens (including phenoxy) is 1. The number of alkyl halides is 3. The monoisotopic (exact) mass is 447 g/mol. The number of para-hydroxylation sites is 1. The van der Waals surface area contributed by atoms with Gasteiger partial charge in [0.05, 0.1) is 12.1 Å².